The smallest absolute Gasteiger partial charge is 0.0813 e. The fourth-order valence-corrected chi connectivity index (χ4v) is 1.75. The fourth-order valence-electron chi connectivity index (χ4n) is 1.75. The maximum Gasteiger partial charge on any atom is 0.0813 e. The molecule has 0 amide bonds. The second-order valence-corrected chi connectivity index (χ2v) is 4.38. The van der Waals surface area contributed by atoms with Gasteiger partial charge in [-0.15, -0.1) is 0 Å². The van der Waals surface area contributed by atoms with Crippen molar-refractivity contribution in [3.8, 4) is 0 Å². The van der Waals surface area contributed by atoms with Crippen molar-refractivity contribution >= 4 is 6.08 Å². The number of hydrogen-bond donors (Lipinski definition) is 1. The summed E-state index contributed by atoms with van der Waals surface area (Å²) in [7, 11) is 0. The lowest BCUT2D eigenvalue weighted by Crippen LogP contribution is -1.92. The van der Waals surface area contributed by atoms with Crippen LogP contribution in [-0.4, -0.2) is 0 Å². The first-order chi connectivity index (χ1) is 10.2. The molecule has 21 heavy (non-hydrogen) atoms. The van der Waals surface area contributed by atoms with E-state index >= 15 is 0 Å². The first kappa shape index (κ1) is 16.3. The van der Waals surface area contributed by atoms with Gasteiger partial charge in [-0.2, -0.15) is 5.11 Å². The van der Waals surface area contributed by atoms with Gasteiger partial charge in [0.25, 0.3) is 0 Å². The molecule has 0 saturated heterocycles. The molecule has 1 N–H and O–H groups in total. The van der Waals surface area contributed by atoms with Crippen molar-refractivity contribution in [2.45, 2.75) is 6.42 Å². The number of allylic oxidation sites excluding steroid dienone is 7. The van der Waals surface area contributed by atoms with Gasteiger partial charge in [-0.1, -0.05) is 86.5 Å². The quantitative estimate of drug-likeness (QED) is 0.471. The van der Waals surface area contributed by atoms with Gasteiger partial charge in [0.1, 0.15) is 0 Å². The Balaban J connectivity index is 2.80. The Bertz CT molecular complexity index is 599. The number of nitrogens with one attached hydrogen (secondary N) is 1. The van der Waals surface area contributed by atoms with Crippen LogP contribution in [0.5, 0.6) is 0 Å². The van der Waals surface area contributed by atoms with E-state index in [2.05, 4.69) is 49.1 Å². The SMILES string of the molecule is C=C/C=C\C=Cc1ccc(C/C(=C/C=C)C(=C)N=N)cc1. The molecule has 0 fully saturated rings. The summed E-state index contributed by atoms with van der Waals surface area (Å²) in [5.41, 5.74) is 10.7. The normalized spacial score (nSPS) is 11.7. The van der Waals surface area contributed by atoms with Gasteiger partial charge in [0.15, 0.2) is 0 Å². The van der Waals surface area contributed by atoms with Crippen LogP contribution in [0.25, 0.3) is 6.08 Å². The Morgan fingerprint density at radius 3 is 2.33 bits per heavy atom. The van der Waals surface area contributed by atoms with Crippen LogP contribution in [0.2, 0.25) is 0 Å². The largest absolute Gasteiger partial charge is 0.204 e. The summed E-state index contributed by atoms with van der Waals surface area (Å²) in [6.07, 6.45) is 13.8. The van der Waals surface area contributed by atoms with Crippen molar-refractivity contribution < 1.29 is 0 Å². The molecule has 0 aliphatic heterocycles. The van der Waals surface area contributed by atoms with Gasteiger partial charge in [0.2, 0.25) is 0 Å². The minimum absolute atomic E-state index is 0.466. The molecular weight excluding hydrogens is 256 g/mol. The summed E-state index contributed by atoms with van der Waals surface area (Å²) in [5, 5.41) is 3.39. The van der Waals surface area contributed by atoms with Gasteiger partial charge in [0.05, 0.1) is 5.70 Å². The van der Waals surface area contributed by atoms with E-state index in [-0.39, 0.29) is 0 Å². The predicted molar refractivity (Wildman–Crippen MR) is 91.1 cm³/mol. The zero-order valence-corrected chi connectivity index (χ0v) is 12.1. The molecule has 0 aromatic heterocycles. The molecule has 1 rings (SSSR count). The van der Waals surface area contributed by atoms with Gasteiger partial charge in [-0.05, 0) is 23.1 Å². The highest BCUT2D eigenvalue weighted by molar-refractivity contribution is 5.52. The number of hydrogen-bond acceptors (Lipinski definition) is 2. The molecule has 1 aromatic rings. The predicted octanol–water partition coefficient (Wildman–Crippen LogP) is 5.64. The molecule has 0 bridgehead atoms. The molecule has 0 atom stereocenters. The summed E-state index contributed by atoms with van der Waals surface area (Å²) in [5.74, 6) is 0. The van der Waals surface area contributed by atoms with Crippen molar-refractivity contribution in [1.29, 1.82) is 5.53 Å². The van der Waals surface area contributed by atoms with Crippen LogP contribution >= 0.6 is 0 Å². The molecule has 2 nitrogen and oxygen atoms in total. The third kappa shape index (κ3) is 5.83. The Hall–Kier alpha value is -2.74. The molecule has 0 spiro atoms. The van der Waals surface area contributed by atoms with Crippen LogP contribution in [0.4, 0.5) is 0 Å². The van der Waals surface area contributed by atoms with Crippen LogP contribution in [0.15, 0.2) is 96.8 Å². The number of nitrogens with zero attached hydrogens (tertiary/aromatic N) is 1. The zero-order chi connectivity index (χ0) is 15.5. The molecule has 106 valence electrons. The summed E-state index contributed by atoms with van der Waals surface area (Å²) in [6, 6.07) is 8.23. The van der Waals surface area contributed by atoms with E-state index < -0.39 is 0 Å². The van der Waals surface area contributed by atoms with Crippen LogP contribution < -0.4 is 0 Å². The highest BCUT2D eigenvalue weighted by atomic mass is 15.0. The van der Waals surface area contributed by atoms with Gasteiger partial charge < -0.3 is 0 Å². The van der Waals surface area contributed by atoms with Crippen molar-refractivity contribution in [2.75, 3.05) is 0 Å². The average molecular weight is 276 g/mol. The molecule has 0 unspecified atom stereocenters. The second-order valence-electron chi connectivity index (χ2n) is 4.38. The lowest BCUT2D eigenvalue weighted by molar-refractivity contribution is 1.03. The monoisotopic (exact) mass is 276 g/mol. The van der Waals surface area contributed by atoms with Crippen LogP contribution in [0.3, 0.4) is 0 Å². The fraction of sp³-hybridized carbons (Fsp3) is 0.0526. The van der Waals surface area contributed by atoms with E-state index in [1.165, 1.54) is 0 Å². The van der Waals surface area contributed by atoms with Crippen LogP contribution in [0.1, 0.15) is 11.1 Å². The van der Waals surface area contributed by atoms with E-state index in [4.69, 9.17) is 5.53 Å². The summed E-state index contributed by atoms with van der Waals surface area (Å²) >= 11 is 0. The molecule has 0 saturated carbocycles. The summed E-state index contributed by atoms with van der Waals surface area (Å²) in [6.45, 7) is 11.1. The summed E-state index contributed by atoms with van der Waals surface area (Å²) < 4.78 is 0. The van der Waals surface area contributed by atoms with Crippen LogP contribution in [-0.2, 0) is 6.42 Å². The Morgan fingerprint density at radius 1 is 1.05 bits per heavy atom. The molecule has 0 radical (unpaired) electrons. The van der Waals surface area contributed by atoms with Gasteiger partial charge in [-0.25, -0.2) is 5.53 Å². The molecular formula is C19H20N2. The number of rotatable bonds is 8. The van der Waals surface area contributed by atoms with Crippen molar-refractivity contribution in [3.63, 3.8) is 0 Å². The third-order valence-corrected chi connectivity index (χ3v) is 2.85. The minimum Gasteiger partial charge on any atom is -0.204 e. The zero-order valence-electron chi connectivity index (χ0n) is 12.1. The molecule has 0 aliphatic carbocycles. The van der Waals surface area contributed by atoms with Gasteiger partial charge >= 0.3 is 0 Å². The highest BCUT2D eigenvalue weighted by Gasteiger charge is 2.03. The van der Waals surface area contributed by atoms with E-state index in [1.54, 1.807) is 12.2 Å². The van der Waals surface area contributed by atoms with Crippen molar-refractivity contribution in [3.05, 3.63) is 103 Å². The number of benzene rings is 1. The van der Waals surface area contributed by atoms with E-state index in [1.807, 2.05) is 30.4 Å². The molecule has 0 heterocycles. The third-order valence-electron chi connectivity index (χ3n) is 2.85. The Labute approximate surface area is 126 Å². The van der Waals surface area contributed by atoms with Gasteiger partial charge in [-0.3, -0.25) is 0 Å². The van der Waals surface area contributed by atoms with E-state index in [0.717, 1.165) is 16.7 Å². The van der Waals surface area contributed by atoms with Gasteiger partial charge in [0, 0.05) is 0 Å². The van der Waals surface area contributed by atoms with Crippen molar-refractivity contribution in [2.24, 2.45) is 5.11 Å². The Morgan fingerprint density at radius 2 is 1.76 bits per heavy atom. The van der Waals surface area contributed by atoms with Crippen LogP contribution in [0, 0.1) is 5.53 Å². The average Bonchev–Trinajstić information content (AvgIpc) is 2.52. The standard InChI is InChI=1S/C19H20N2/c1-4-6-7-8-10-17-11-13-18(14-12-17)15-19(9-5-2)16(3)21-20/h4-14,20H,1-3,15H2/b7-6-,10-8?,19-9-,21-20?. The van der Waals surface area contributed by atoms with E-state index in [0.29, 0.717) is 12.1 Å². The topological polar surface area (TPSA) is 36.2 Å². The molecule has 1 aromatic carbocycles. The second kappa shape index (κ2) is 9.21. The maximum absolute atomic E-state index is 7.06. The minimum atomic E-state index is 0.466. The summed E-state index contributed by atoms with van der Waals surface area (Å²) in [4.78, 5) is 0. The Kier molecular flexibility index (Phi) is 7.15. The highest BCUT2D eigenvalue weighted by Crippen LogP contribution is 2.17. The lowest BCUT2D eigenvalue weighted by Gasteiger charge is -2.06. The lowest BCUT2D eigenvalue weighted by atomic mass is 10.0. The first-order valence-corrected chi connectivity index (χ1v) is 6.64. The molecule has 2 heteroatoms. The molecule has 0 aliphatic rings. The van der Waals surface area contributed by atoms with E-state index in [9.17, 15) is 0 Å². The maximum atomic E-state index is 7.06. The van der Waals surface area contributed by atoms with Crippen molar-refractivity contribution in [1.82, 2.24) is 0 Å². The first-order valence-electron chi connectivity index (χ1n) is 6.64.